The summed E-state index contributed by atoms with van der Waals surface area (Å²) in [6.45, 7) is 6.54. The third-order valence-electron chi connectivity index (χ3n) is 5.64. The van der Waals surface area contributed by atoms with E-state index in [-0.39, 0.29) is 17.7 Å². The van der Waals surface area contributed by atoms with Crippen molar-refractivity contribution in [3.8, 4) is 5.69 Å². The zero-order valence-electron chi connectivity index (χ0n) is 16.0. The van der Waals surface area contributed by atoms with Crippen LogP contribution >= 0.6 is 0 Å². The van der Waals surface area contributed by atoms with Crippen LogP contribution in [-0.2, 0) is 16.0 Å². The van der Waals surface area contributed by atoms with E-state index in [1.54, 1.807) is 0 Å². The van der Waals surface area contributed by atoms with E-state index in [2.05, 4.69) is 5.10 Å². The third-order valence-corrected chi connectivity index (χ3v) is 5.64. The van der Waals surface area contributed by atoms with Gasteiger partial charge in [-0.3, -0.25) is 9.59 Å². The summed E-state index contributed by atoms with van der Waals surface area (Å²) in [7, 11) is 0. The van der Waals surface area contributed by atoms with Crippen molar-refractivity contribution in [3.63, 3.8) is 0 Å². The number of amides is 2. The van der Waals surface area contributed by atoms with Gasteiger partial charge in [0.25, 0.3) is 0 Å². The molecule has 4 rings (SSSR count). The van der Waals surface area contributed by atoms with E-state index in [4.69, 9.17) is 0 Å². The Morgan fingerprint density at radius 2 is 1.63 bits per heavy atom. The van der Waals surface area contributed by atoms with Gasteiger partial charge in [0, 0.05) is 43.4 Å². The maximum absolute atomic E-state index is 12.8. The number of hydrogen-bond donors (Lipinski definition) is 0. The topological polar surface area (TPSA) is 58.4 Å². The number of nitrogens with zero attached hydrogens (tertiary/aromatic N) is 4. The van der Waals surface area contributed by atoms with E-state index in [0.717, 1.165) is 35.5 Å². The lowest BCUT2D eigenvalue weighted by atomic mass is 10.1. The van der Waals surface area contributed by atoms with E-state index in [0.29, 0.717) is 32.6 Å². The molecule has 0 N–H and O–H groups in total. The van der Waals surface area contributed by atoms with E-state index >= 15 is 0 Å². The van der Waals surface area contributed by atoms with Crippen molar-refractivity contribution in [2.45, 2.75) is 33.1 Å². The first-order chi connectivity index (χ1) is 13.0. The van der Waals surface area contributed by atoms with Gasteiger partial charge in [0.1, 0.15) is 0 Å². The maximum atomic E-state index is 12.8. The van der Waals surface area contributed by atoms with Crippen LogP contribution in [0.25, 0.3) is 5.69 Å². The quantitative estimate of drug-likeness (QED) is 0.833. The number of aryl methyl sites for hydroxylation is 1. The minimum absolute atomic E-state index is 0.118. The van der Waals surface area contributed by atoms with Crippen LogP contribution in [0.1, 0.15) is 29.8 Å². The molecule has 1 saturated heterocycles. The molecule has 0 bridgehead atoms. The van der Waals surface area contributed by atoms with Gasteiger partial charge in [-0.2, -0.15) is 5.10 Å². The molecule has 1 aliphatic heterocycles. The number of carbonyl (C=O) groups is 2. The molecular formula is C21H26N4O2. The van der Waals surface area contributed by atoms with Crippen LogP contribution in [0.3, 0.4) is 0 Å². The fourth-order valence-corrected chi connectivity index (χ4v) is 3.78. The van der Waals surface area contributed by atoms with Crippen LogP contribution in [0.5, 0.6) is 0 Å². The first-order valence-electron chi connectivity index (χ1n) is 9.71. The van der Waals surface area contributed by atoms with Gasteiger partial charge in [-0.1, -0.05) is 18.2 Å². The molecule has 1 aromatic carbocycles. The predicted molar refractivity (Wildman–Crippen MR) is 103 cm³/mol. The summed E-state index contributed by atoms with van der Waals surface area (Å²) in [5, 5.41) is 4.63. The summed E-state index contributed by atoms with van der Waals surface area (Å²) in [6.07, 6.45) is 2.42. The molecule has 2 heterocycles. The monoisotopic (exact) mass is 366 g/mol. The Bertz CT molecular complexity index is 847. The van der Waals surface area contributed by atoms with E-state index < -0.39 is 0 Å². The van der Waals surface area contributed by atoms with Gasteiger partial charge in [-0.25, -0.2) is 4.68 Å². The van der Waals surface area contributed by atoms with Crippen LogP contribution in [-0.4, -0.2) is 57.6 Å². The number of hydrogen-bond acceptors (Lipinski definition) is 3. The average Bonchev–Trinajstić information content (AvgIpc) is 3.51. The molecule has 2 amide bonds. The second kappa shape index (κ2) is 7.18. The molecule has 0 spiro atoms. The molecule has 0 atom stereocenters. The van der Waals surface area contributed by atoms with Crippen LogP contribution < -0.4 is 0 Å². The maximum Gasteiger partial charge on any atom is 0.227 e. The van der Waals surface area contributed by atoms with Crippen molar-refractivity contribution in [1.29, 1.82) is 0 Å². The molecule has 2 fully saturated rings. The zero-order chi connectivity index (χ0) is 19.0. The first-order valence-corrected chi connectivity index (χ1v) is 9.71. The Morgan fingerprint density at radius 3 is 2.26 bits per heavy atom. The standard InChI is InChI=1S/C21H26N4O2/c1-15-19(16(2)25(22-15)18-6-4-3-5-7-18)14-20(26)23-10-12-24(13-11-23)21(27)17-8-9-17/h3-7,17H,8-14H2,1-2H3. The van der Waals surface area contributed by atoms with Gasteiger partial charge in [-0.05, 0) is 38.8 Å². The highest BCUT2D eigenvalue weighted by Crippen LogP contribution is 2.31. The SMILES string of the molecule is Cc1nn(-c2ccccc2)c(C)c1CC(=O)N1CCN(C(=O)C2CC2)CC1. The number of aromatic nitrogens is 2. The Hall–Kier alpha value is -2.63. The second-order valence-electron chi connectivity index (χ2n) is 7.55. The third kappa shape index (κ3) is 3.61. The highest BCUT2D eigenvalue weighted by Gasteiger charge is 2.35. The van der Waals surface area contributed by atoms with Gasteiger partial charge in [0.05, 0.1) is 17.8 Å². The molecule has 6 nitrogen and oxygen atoms in total. The van der Waals surface area contributed by atoms with E-state index in [1.165, 1.54) is 0 Å². The highest BCUT2D eigenvalue weighted by atomic mass is 16.2. The molecule has 2 aromatic rings. The van der Waals surface area contributed by atoms with Crippen LogP contribution in [0.4, 0.5) is 0 Å². The summed E-state index contributed by atoms with van der Waals surface area (Å²) in [6, 6.07) is 9.98. The lowest BCUT2D eigenvalue weighted by Crippen LogP contribution is -2.51. The molecule has 1 aliphatic carbocycles. The summed E-state index contributed by atoms with van der Waals surface area (Å²) in [5.74, 6) is 0.645. The molecule has 0 radical (unpaired) electrons. The van der Waals surface area contributed by atoms with Crippen molar-refractivity contribution in [2.24, 2.45) is 5.92 Å². The molecule has 1 aromatic heterocycles. The molecule has 0 unspecified atom stereocenters. The Kier molecular flexibility index (Phi) is 4.72. The zero-order valence-corrected chi connectivity index (χ0v) is 16.0. The lowest BCUT2D eigenvalue weighted by molar-refractivity contribution is -0.140. The minimum Gasteiger partial charge on any atom is -0.339 e. The average molecular weight is 366 g/mol. The van der Waals surface area contributed by atoms with Crippen LogP contribution in [0.2, 0.25) is 0 Å². The predicted octanol–water partition coefficient (Wildman–Crippen LogP) is 2.11. The van der Waals surface area contributed by atoms with Crippen molar-refractivity contribution in [3.05, 3.63) is 47.3 Å². The second-order valence-corrected chi connectivity index (χ2v) is 7.55. The van der Waals surface area contributed by atoms with Crippen molar-refractivity contribution in [1.82, 2.24) is 19.6 Å². The summed E-state index contributed by atoms with van der Waals surface area (Å²) in [4.78, 5) is 28.8. The van der Waals surface area contributed by atoms with Gasteiger partial charge in [0.15, 0.2) is 0 Å². The van der Waals surface area contributed by atoms with Crippen molar-refractivity contribution < 1.29 is 9.59 Å². The highest BCUT2D eigenvalue weighted by molar-refractivity contribution is 5.82. The fraction of sp³-hybridized carbons (Fsp3) is 0.476. The summed E-state index contributed by atoms with van der Waals surface area (Å²) < 4.78 is 1.91. The largest absolute Gasteiger partial charge is 0.339 e. The van der Waals surface area contributed by atoms with Crippen LogP contribution in [0, 0.1) is 19.8 Å². The number of benzene rings is 1. The molecule has 27 heavy (non-hydrogen) atoms. The number of rotatable bonds is 4. The van der Waals surface area contributed by atoms with Crippen LogP contribution in [0.15, 0.2) is 30.3 Å². The smallest absolute Gasteiger partial charge is 0.227 e. The number of para-hydroxylation sites is 1. The molecular weight excluding hydrogens is 340 g/mol. The number of carbonyl (C=O) groups excluding carboxylic acids is 2. The van der Waals surface area contributed by atoms with E-state index in [9.17, 15) is 9.59 Å². The van der Waals surface area contributed by atoms with E-state index in [1.807, 2.05) is 58.7 Å². The van der Waals surface area contributed by atoms with Crippen molar-refractivity contribution in [2.75, 3.05) is 26.2 Å². The molecule has 1 saturated carbocycles. The minimum atomic E-state index is 0.118. The lowest BCUT2D eigenvalue weighted by Gasteiger charge is -2.35. The van der Waals surface area contributed by atoms with Crippen molar-refractivity contribution >= 4 is 11.8 Å². The first kappa shape index (κ1) is 17.8. The van der Waals surface area contributed by atoms with Gasteiger partial charge in [0.2, 0.25) is 11.8 Å². The summed E-state index contributed by atoms with van der Waals surface area (Å²) in [5.41, 5.74) is 3.91. The normalized spacial score (nSPS) is 17.3. The van der Waals surface area contributed by atoms with Gasteiger partial charge >= 0.3 is 0 Å². The fourth-order valence-electron chi connectivity index (χ4n) is 3.78. The van der Waals surface area contributed by atoms with Gasteiger partial charge in [-0.15, -0.1) is 0 Å². The Morgan fingerprint density at radius 1 is 1.00 bits per heavy atom. The Balaban J connectivity index is 1.41. The summed E-state index contributed by atoms with van der Waals surface area (Å²) >= 11 is 0. The number of piperazine rings is 1. The van der Waals surface area contributed by atoms with Gasteiger partial charge < -0.3 is 9.80 Å². The molecule has 6 heteroatoms. The Labute approximate surface area is 159 Å². The molecule has 142 valence electrons. The molecule has 2 aliphatic rings.